The molecule has 18 heavy (non-hydrogen) atoms. The number of rotatable bonds is 8. The van der Waals surface area contributed by atoms with Crippen LogP contribution >= 0.6 is 0 Å². The van der Waals surface area contributed by atoms with Gasteiger partial charge in [0.15, 0.2) is 0 Å². The Hall–Kier alpha value is -1.02. The van der Waals surface area contributed by atoms with E-state index in [0.717, 1.165) is 18.9 Å². The van der Waals surface area contributed by atoms with Crippen molar-refractivity contribution in [3.8, 4) is 5.75 Å². The van der Waals surface area contributed by atoms with Crippen LogP contribution in [0.1, 0.15) is 52.1 Å². The van der Waals surface area contributed by atoms with Crippen LogP contribution in [0.5, 0.6) is 5.75 Å². The van der Waals surface area contributed by atoms with Gasteiger partial charge in [-0.05, 0) is 25.5 Å². The van der Waals surface area contributed by atoms with E-state index in [1.807, 2.05) is 13.0 Å². The zero-order valence-corrected chi connectivity index (χ0v) is 12.2. The van der Waals surface area contributed by atoms with Gasteiger partial charge in [0.05, 0.1) is 6.61 Å². The number of nitrogens with one attached hydrogen (secondary N) is 1. The predicted molar refractivity (Wildman–Crippen MR) is 78.1 cm³/mol. The number of hydrogen-bond donors (Lipinski definition) is 1. The van der Waals surface area contributed by atoms with Crippen molar-refractivity contribution in [2.24, 2.45) is 5.92 Å². The number of benzene rings is 1. The molecule has 0 bridgehead atoms. The highest BCUT2D eigenvalue weighted by Crippen LogP contribution is 2.33. The molecule has 1 aromatic carbocycles. The summed E-state index contributed by atoms with van der Waals surface area (Å²) in [4.78, 5) is 0. The molecule has 2 nitrogen and oxygen atoms in total. The second-order valence-corrected chi connectivity index (χ2v) is 4.58. The average Bonchev–Trinajstić information content (AvgIpc) is 2.40. The summed E-state index contributed by atoms with van der Waals surface area (Å²) < 4.78 is 5.76. The zero-order chi connectivity index (χ0) is 13.4. The van der Waals surface area contributed by atoms with Gasteiger partial charge in [0.25, 0.3) is 0 Å². The van der Waals surface area contributed by atoms with Gasteiger partial charge in [0.2, 0.25) is 0 Å². The van der Waals surface area contributed by atoms with Gasteiger partial charge >= 0.3 is 0 Å². The highest BCUT2D eigenvalue weighted by atomic mass is 16.5. The largest absolute Gasteiger partial charge is 0.494 e. The first-order chi connectivity index (χ1) is 8.78. The van der Waals surface area contributed by atoms with Crippen LogP contribution < -0.4 is 10.1 Å². The molecule has 1 aromatic rings. The molecule has 0 aliphatic rings. The van der Waals surface area contributed by atoms with E-state index in [4.69, 9.17) is 4.74 Å². The van der Waals surface area contributed by atoms with Crippen molar-refractivity contribution in [3.05, 3.63) is 29.8 Å². The fourth-order valence-corrected chi connectivity index (χ4v) is 2.53. The lowest BCUT2D eigenvalue weighted by molar-refractivity contribution is 0.307. The summed E-state index contributed by atoms with van der Waals surface area (Å²) in [6.45, 7) is 10.4. The SMILES string of the molecule is CCNC(c1ccccc1OCC)C(CC)CC. The molecule has 0 amide bonds. The fraction of sp³-hybridized carbons (Fsp3) is 0.625. The zero-order valence-electron chi connectivity index (χ0n) is 12.2. The maximum Gasteiger partial charge on any atom is 0.124 e. The first kappa shape index (κ1) is 15.0. The van der Waals surface area contributed by atoms with Crippen molar-refractivity contribution in [2.75, 3.05) is 13.2 Å². The molecule has 1 N–H and O–H groups in total. The van der Waals surface area contributed by atoms with E-state index in [-0.39, 0.29) is 0 Å². The molecule has 0 fully saturated rings. The Morgan fingerprint density at radius 3 is 2.28 bits per heavy atom. The Labute approximate surface area is 112 Å². The molecular formula is C16H27NO. The maximum absolute atomic E-state index is 5.76. The Balaban J connectivity index is 3.03. The van der Waals surface area contributed by atoms with E-state index in [9.17, 15) is 0 Å². The van der Waals surface area contributed by atoms with Crippen LogP contribution in [0, 0.1) is 5.92 Å². The van der Waals surface area contributed by atoms with Gasteiger partial charge in [0, 0.05) is 11.6 Å². The predicted octanol–water partition coefficient (Wildman–Crippen LogP) is 4.17. The van der Waals surface area contributed by atoms with E-state index in [0.29, 0.717) is 12.0 Å². The smallest absolute Gasteiger partial charge is 0.124 e. The van der Waals surface area contributed by atoms with Crippen molar-refractivity contribution in [3.63, 3.8) is 0 Å². The normalized spacial score (nSPS) is 12.7. The lowest BCUT2D eigenvalue weighted by Crippen LogP contribution is -2.28. The third kappa shape index (κ3) is 3.74. The quantitative estimate of drug-likeness (QED) is 0.746. The summed E-state index contributed by atoms with van der Waals surface area (Å²) >= 11 is 0. The minimum Gasteiger partial charge on any atom is -0.494 e. The molecule has 0 heterocycles. The minimum atomic E-state index is 0.396. The number of ether oxygens (including phenoxy) is 1. The van der Waals surface area contributed by atoms with Gasteiger partial charge in [0.1, 0.15) is 5.75 Å². The van der Waals surface area contributed by atoms with Crippen molar-refractivity contribution >= 4 is 0 Å². The maximum atomic E-state index is 5.76. The molecule has 0 spiro atoms. The Kier molecular flexibility index (Phi) is 6.81. The third-order valence-corrected chi connectivity index (χ3v) is 3.50. The second-order valence-electron chi connectivity index (χ2n) is 4.58. The summed E-state index contributed by atoms with van der Waals surface area (Å²) in [5.41, 5.74) is 1.30. The van der Waals surface area contributed by atoms with Crippen molar-refractivity contribution in [2.45, 2.75) is 46.6 Å². The standard InChI is InChI=1S/C16H27NO/c1-5-13(6-2)16(17-7-3)14-11-9-10-12-15(14)18-8-4/h9-13,16-17H,5-8H2,1-4H3. The van der Waals surface area contributed by atoms with Gasteiger partial charge < -0.3 is 10.1 Å². The van der Waals surface area contributed by atoms with Gasteiger partial charge in [-0.15, -0.1) is 0 Å². The molecule has 0 aliphatic heterocycles. The monoisotopic (exact) mass is 249 g/mol. The lowest BCUT2D eigenvalue weighted by Gasteiger charge is -2.28. The minimum absolute atomic E-state index is 0.396. The van der Waals surface area contributed by atoms with Gasteiger partial charge in [-0.2, -0.15) is 0 Å². The molecule has 1 atom stereocenters. The molecular weight excluding hydrogens is 222 g/mol. The molecule has 1 rings (SSSR count). The second kappa shape index (κ2) is 8.15. The fourth-order valence-electron chi connectivity index (χ4n) is 2.53. The van der Waals surface area contributed by atoms with Crippen LogP contribution in [-0.2, 0) is 0 Å². The summed E-state index contributed by atoms with van der Waals surface area (Å²) in [6.07, 6.45) is 2.38. The Bertz CT molecular complexity index is 334. The highest BCUT2D eigenvalue weighted by Gasteiger charge is 2.22. The van der Waals surface area contributed by atoms with Crippen LogP contribution in [0.3, 0.4) is 0 Å². The molecule has 0 aliphatic carbocycles. The van der Waals surface area contributed by atoms with Gasteiger partial charge in [-0.25, -0.2) is 0 Å². The van der Waals surface area contributed by atoms with Crippen LogP contribution in [0.15, 0.2) is 24.3 Å². The van der Waals surface area contributed by atoms with Crippen molar-refractivity contribution in [1.82, 2.24) is 5.32 Å². The molecule has 0 radical (unpaired) electrons. The summed E-state index contributed by atoms with van der Waals surface area (Å²) in [5, 5.41) is 3.62. The topological polar surface area (TPSA) is 21.3 Å². The number of para-hydroxylation sites is 1. The molecule has 0 saturated carbocycles. The highest BCUT2D eigenvalue weighted by molar-refractivity contribution is 5.36. The Morgan fingerprint density at radius 2 is 1.72 bits per heavy atom. The van der Waals surface area contributed by atoms with Crippen LogP contribution in [0.2, 0.25) is 0 Å². The Morgan fingerprint density at radius 1 is 1.06 bits per heavy atom. The third-order valence-electron chi connectivity index (χ3n) is 3.50. The van der Waals surface area contributed by atoms with Gasteiger partial charge in [-0.1, -0.05) is 51.8 Å². The van der Waals surface area contributed by atoms with Crippen LogP contribution in [-0.4, -0.2) is 13.2 Å². The molecule has 0 aromatic heterocycles. The van der Waals surface area contributed by atoms with E-state index in [1.165, 1.54) is 18.4 Å². The van der Waals surface area contributed by atoms with E-state index < -0.39 is 0 Å². The van der Waals surface area contributed by atoms with E-state index in [1.54, 1.807) is 0 Å². The summed E-state index contributed by atoms with van der Waals surface area (Å²) in [7, 11) is 0. The summed E-state index contributed by atoms with van der Waals surface area (Å²) in [6, 6.07) is 8.81. The van der Waals surface area contributed by atoms with Crippen LogP contribution in [0.25, 0.3) is 0 Å². The van der Waals surface area contributed by atoms with Crippen molar-refractivity contribution in [1.29, 1.82) is 0 Å². The van der Waals surface area contributed by atoms with E-state index >= 15 is 0 Å². The first-order valence-corrected chi connectivity index (χ1v) is 7.23. The van der Waals surface area contributed by atoms with E-state index in [2.05, 4.69) is 44.3 Å². The number of hydrogen-bond acceptors (Lipinski definition) is 2. The summed E-state index contributed by atoms with van der Waals surface area (Å²) in [5.74, 6) is 1.68. The van der Waals surface area contributed by atoms with Crippen LogP contribution in [0.4, 0.5) is 0 Å². The molecule has 0 saturated heterocycles. The average molecular weight is 249 g/mol. The lowest BCUT2D eigenvalue weighted by atomic mass is 9.88. The molecule has 102 valence electrons. The molecule has 1 unspecified atom stereocenters. The molecule has 2 heteroatoms. The van der Waals surface area contributed by atoms with Crippen molar-refractivity contribution < 1.29 is 4.74 Å². The van der Waals surface area contributed by atoms with Gasteiger partial charge in [-0.3, -0.25) is 0 Å². The first-order valence-electron chi connectivity index (χ1n) is 7.23.